The Kier molecular flexibility index (Phi) is 7.82. The summed E-state index contributed by atoms with van der Waals surface area (Å²) in [5, 5.41) is 3.02. The Morgan fingerprint density at radius 2 is 1.47 bits per heavy atom. The average Bonchev–Trinajstić information content (AvgIpc) is 2.95. The van der Waals surface area contributed by atoms with E-state index in [1.807, 2.05) is 48.5 Å². The Bertz CT molecular complexity index is 1610. The number of hydrogen-bond acceptors (Lipinski definition) is 4. The van der Waals surface area contributed by atoms with Gasteiger partial charge >= 0.3 is 6.03 Å². The summed E-state index contributed by atoms with van der Waals surface area (Å²) in [5.41, 5.74) is 3.56. The summed E-state index contributed by atoms with van der Waals surface area (Å²) < 4.78 is 7.75. The minimum Gasteiger partial charge on any atom is -0.487 e. The van der Waals surface area contributed by atoms with Crippen LogP contribution in [0, 0.1) is 24.9 Å². The second-order valence-corrected chi connectivity index (χ2v) is 15.2. The number of anilines is 1. The fraction of sp³-hybridized carbons (Fsp3) is 0.324. The molecular weight excluding hydrogens is 790 g/mol. The molecule has 1 N–H and O–H groups in total. The van der Waals surface area contributed by atoms with Gasteiger partial charge in [0, 0.05) is 5.02 Å². The van der Waals surface area contributed by atoms with Crippen LogP contribution in [0.2, 0.25) is 5.02 Å². The number of imide groups is 2. The van der Waals surface area contributed by atoms with Gasteiger partial charge in [-0.05, 0) is 166 Å². The van der Waals surface area contributed by atoms with E-state index < -0.39 is 17.8 Å². The molecule has 5 aliphatic rings. The molecule has 4 bridgehead atoms. The van der Waals surface area contributed by atoms with E-state index in [9.17, 15) is 14.4 Å². The van der Waals surface area contributed by atoms with Crippen LogP contribution >= 0.6 is 56.8 Å². The molecule has 4 aliphatic carbocycles. The quantitative estimate of drug-likeness (QED) is 0.155. The number of carbonyl (C=O) groups excluding carboxylic acids is 3. The lowest BCUT2D eigenvalue weighted by Crippen LogP contribution is -2.54. The SMILES string of the molecule is O=C1NC(=O)N(c2ccc(C34CC5CC(CC(C5)C3)C4)cc2)C(=O)/C1=C/c1cc(I)c(OCc2ccc(Cl)cc2)c(I)c1. The minimum absolute atomic E-state index is 0.0915. The zero-order valence-corrected chi connectivity index (χ0v) is 28.3. The van der Waals surface area contributed by atoms with Crippen LogP contribution in [-0.4, -0.2) is 17.8 Å². The maximum Gasteiger partial charge on any atom is 0.335 e. The van der Waals surface area contributed by atoms with Crippen molar-refractivity contribution in [3.05, 3.63) is 95.1 Å². The number of nitrogens with zero attached hydrogens (tertiary/aromatic N) is 1. The molecule has 1 heterocycles. The molecule has 0 atom stereocenters. The topological polar surface area (TPSA) is 75.7 Å². The fourth-order valence-electron chi connectivity index (χ4n) is 8.02. The maximum atomic E-state index is 13.6. The number of barbiturate groups is 1. The normalized spacial score (nSPS) is 27.1. The number of rotatable bonds is 6. The minimum atomic E-state index is -0.732. The number of benzene rings is 3. The van der Waals surface area contributed by atoms with Gasteiger partial charge in [-0.25, -0.2) is 9.69 Å². The Morgan fingerprint density at radius 1 is 0.884 bits per heavy atom. The van der Waals surface area contributed by atoms with Gasteiger partial charge in [0.1, 0.15) is 17.9 Å². The van der Waals surface area contributed by atoms with Crippen LogP contribution in [-0.2, 0) is 21.6 Å². The van der Waals surface area contributed by atoms with Gasteiger partial charge in [0.25, 0.3) is 11.8 Å². The highest BCUT2D eigenvalue weighted by Crippen LogP contribution is 2.60. The van der Waals surface area contributed by atoms with Crippen LogP contribution < -0.4 is 15.0 Å². The van der Waals surface area contributed by atoms with E-state index in [0.717, 1.165) is 35.4 Å². The predicted molar refractivity (Wildman–Crippen MR) is 183 cm³/mol. The lowest BCUT2D eigenvalue weighted by Gasteiger charge is -2.57. The van der Waals surface area contributed by atoms with E-state index in [2.05, 4.69) is 62.6 Å². The molecule has 0 spiro atoms. The third kappa shape index (κ3) is 5.63. The van der Waals surface area contributed by atoms with E-state index in [4.69, 9.17) is 16.3 Å². The molecule has 9 heteroatoms. The van der Waals surface area contributed by atoms with Gasteiger partial charge in [-0.1, -0.05) is 35.9 Å². The maximum absolute atomic E-state index is 13.6. The van der Waals surface area contributed by atoms with Gasteiger partial charge in [-0.15, -0.1) is 0 Å². The third-order valence-corrected chi connectivity index (χ3v) is 11.4. The van der Waals surface area contributed by atoms with Crippen LogP contribution in [0.1, 0.15) is 55.2 Å². The lowest BCUT2D eigenvalue weighted by atomic mass is 9.48. The molecule has 6 nitrogen and oxygen atoms in total. The van der Waals surface area contributed by atoms with Crippen molar-refractivity contribution in [1.82, 2.24) is 5.32 Å². The predicted octanol–water partition coefficient (Wildman–Crippen LogP) is 8.26. The highest BCUT2D eigenvalue weighted by Gasteiger charge is 2.51. The third-order valence-electron chi connectivity index (χ3n) is 9.51. The van der Waals surface area contributed by atoms with E-state index >= 15 is 0 Å². The number of nitrogens with one attached hydrogen (secondary N) is 1. The van der Waals surface area contributed by atoms with Crippen molar-refractivity contribution in [2.24, 2.45) is 17.8 Å². The number of hydrogen-bond donors (Lipinski definition) is 1. The van der Waals surface area contributed by atoms with Crippen molar-refractivity contribution in [3.63, 3.8) is 0 Å². The van der Waals surface area contributed by atoms with Gasteiger partial charge in [0.2, 0.25) is 0 Å². The van der Waals surface area contributed by atoms with Crippen LogP contribution in [0.4, 0.5) is 10.5 Å². The molecule has 0 aromatic heterocycles. The lowest BCUT2D eigenvalue weighted by molar-refractivity contribution is -0.122. The molecule has 0 radical (unpaired) electrons. The molecule has 0 unspecified atom stereocenters. The average molecular weight is 819 g/mol. The molecule has 1 saturated heterocycles. The molecule has 4 amide bonds. The van der Waals surface area contributed by atoms with Crippen molar-refractivity contribution < 1.29 is 19.1 Å². The summed E-state index contributed by atoms with van der Waals surface area (Å²) in [6.45, 7) is 0.378. The Hall–Kier alpha value is -2.44. The molecule has 43 heavy (non-hydrogen) atoms. The van der Waals surface area contributed by atoms with Crippen molar-refractivity contribution in [2.75, 3.05) is 4.90 Å². The summed E-state index contributed by atoms with van der Waals surface area (Å²) in [7, 11) is 0. The molecule has 5 fully saturated rings. The second kappa shape index (κ2) is 11.5. The van der Waals surface area contributed by atoms with Crippen molar-refractivity contribution in [2.45, 2.75) is 50.5 Å². The molecule has 1 aliphatic heterocycles. The van der Waals surface area contributed by atoms with Gasteiger partial charge in [0.15, 0.2) is 0 Å². The van der Waals surface area contributed by atoms with Crippen molar-refractivity contribution >= 4 is 86.4 Å². The van der Waals surface area contributed by atoms with Crippen LogP contribution in [0.25, 0.3) is 6.08 Å². The Balaban J connectivity index is 1.11. The number of carbonyl (C=O) groups is 3. The summed E-state index contributed by atoms with van der Waals surface area (Å²) in [6, 6.07) is 18.4. The van der Waals surface area contributed by atoms with Gasteiger partial charge < -0.3 is 4.74 Å². The highest BCUT2D eigenvalue weighted by atomic mass is 127. The van der Waals surface area contributed by atoms with E-state index in [-0.39, 0.29) is 11.0 Å². The summed E-state index contributed by atoms with van der Waals surface area (Å²) >= 11 is 10.4. The van der Waals surface area contributed by atoms with E-state index in [1.165, 1.54) is 50.2 Å². The summed E-state index contributed by atoms with van der Waals surface area (Å²) in [6.07, 6.45) is 9.39. The zero-order chi connectivity index (χ0) is 29.9. The van der Waals surface area contributed by atoms with E-state index in [1.54, 1.807) is 0 Å². The Morgan fingerprint density at radius 3 is 2.05 bits per heavy atom. The molecular formula is C34H29ClI2N2O4. The standard InChI is InChI=1S/C34H29ClI2N2O4/c35-25-5-1-19(2-6-25)18-43-30-28(36)13-20(14-29(30)37)12-27-31(40)38-33(42)39(32(27)41)26-7-3-24(4-8-26)34-15-21-9-22(16-34)11-23(10-21)17-34/h1-8,12-14,21-23H,9-11,15-18H2,(H,38,40,42)/b27-12+. The first-order valence-electron chi connectivity index (χ1n) is 14.6. The van der Waals surface area contributed by atoms with Crippen molar-refractivity contribution in [3.8, 4) is 5.75 Å². The number of halogens is 3. The van der Waals surface area contributed by atoms with Crippen molar-refractivity contribution in [1.29, 1.82) is 0 Å². The first-order valence-corrected chi connectivity index (χ1v) is 17.1. The summed E-state index contributed by atoms with van der Waals surface area (Å²) in [4.78, 5) is 40.4. The zero-order valence-electron chi connectivity index (χ0n) is 23.2. The van der Waals surface area contributed by atoms with E-state index in [0.29, 0.717) is 28.6 Å². The molecule has 8 rings (SSSR count). The molecule has 3 aromatic carbocycles. The highest BCUT2D eigenvalue weighted by molar-refractivity contribution is 14.1. The number of ether oxygens (including phenoxy) is 1. The first-order chi connectivity index (χ1) is 20.7. The largest absolute Gasteiger partial charge is 0.487 e. The molecule has 220 valence electrons. The monoisotopic (exact) mass is 818 g/mol. The number of urea groups is 1. The van der Waals surface area contributed by atoms with Gasteiger partial charge in [-0.2, -0.15) is 0 Å². The van der Waals surface area contributed by atoms with Gasteiger partial charge in [0.05, 0.1) is 12.8 Å². The summed E-state index contributed by atoms with van der Waals surface area (Å²) in [5.74, 6) is 1.86. The van der Waals surface area contributed by atoms with Gasteiger partial charge in [-0.3, -0.25) is 14.9 Å². The second-order valence-electron chi connectivity index (χ2n) is 12.4. The number of amides is 4. The van der Waals surface area contributed by atoms with Crippen LogP contribution in [0.5, 0.6) is 5.75 Å². The van der Waals surface area contributed by atoms with Crippen LogP contribution in [0.3, 0.4) is 0 Å². The smallest absolute Gasteiger partial charge is 0.335 e. The molecule has 3 aromatic rings. The first kappa shape index (κ1) is 29.3. The Labute approximate surface area is 282 Å². The van der Waals surface area contributed by atoms with Crippen LogP contribution in [0.15, 0.2) is 66.2 Å². The fourth-order valence-corrected chi connectivity index (χ4v) is 10.3. The molecule has 4 saturated carbocycles.